The number of carbonyl (C=O) groups excluding carboxylic acids is 1. The van der Waals surface area contributed by atoms with Crippen LogP contribution in [0, 0.1) is 0 Å². The SMILES string of the molecule is COc1ccc(NC(=O)[C@@H]2CCCCN2S(=O)(=O)c2ccccc2)cc1Cl. The summed E-state index contributed by atoms with van der Waals surface area (Å²) in [6.45, 7) is 0.318. The third kappa shape index (κ3) is 4.26. The van der Waals surface area contributed by atoms with Gasteiger partial charge in [0, 0.05) is 12.2 Å². The standard InChI is InChI=1S/C19H21ClN2O4S/c1-26-18-11-10-14(13-16(18)20)21-19(23)17-9-5-6-12-22(17)27(24,25)15-7-3-2-4-8-15/h2-4,7-8,10-11,13,17H,5-6,9,12H2,1H3,(H,21,23)/t17-/m0/s1. The number of hydrogen-bond donors (Lipinski definition) is 1. The fourth-order valence-electron chi connectivity index (χ4n) is 3.15. The van der Waals surface area contributed by atoms with E-state index in [4.69, 9.17) is 16.3 Å². The number of ether oxygens (including phenoxy) is 1. The molecule has 6 nitrogen and oxygen atoms in total. The summed E-state index contributed by atoms with van der Waals surface area (Å²) in [5.41, 5.74) is 0.494. The van der Waals surface area contributed by atoms with Crippen LogP contribution in [0.25, 0.3) is 0 Å². The number of rotatable bonds is 5. The molecule has 2 aromatic rings. The lowest BCUT2D eigenvalue weighted by Gasteiger charge is -2.33. The summed E-state index contributed by atoms with van der Waals surface area (Å²) in [5.74, 6) is 0.135. The van der Waals surface area contributed by atoms with Gasteiger partial charge in [0.25, 0.3) is 0 Å². The van der Waals surface area contributed by atoms with Crippen molar-refractivity contribution in [3.8, 4) is 5.75 Å². The molecule has 8 heteroatoms. The zero-order valence-corrected chi connectivity index (χ0v) is 16.5. The fourth-order valence-corrected chi connectivity index (χ4v) is 5.09. The van der Waals surface area contributed by atoms with E-state index in [0.717, 1.165) is 12.8 Å². The van der Waals surface area contributed by atoms with E-state index in [0.29, 0.717) is 29.4 Å². The van der Waals surface area contributed by atoms with Crippen LogP contribution in [0.2, 0.25) is 5.02 Å². The highest BCUT2D eigenvalue weighted by molar-refractivity contribution is 7.89. The molecule has 1 N–H and O–H groups in total. The molecule has 144 valence electrons. The van der Waals surface area contributed by atoms with Crippen molar-refractivity contribution in [2.75, 3.05) is 19.0 Å². The Balaban J connectivity index is 1.83. The quantitative estimate of drug-likeness (QED) is 0.821. The number of sulfonamides is 1. The third-order valence-corrected chi connectivity index (χ3v) is 6.74. The van der Waals surface area contributed by atoms with Crippen molar-refractivity contribution in [2.24, 2.45) is 0 Å². The van der Waals surface area contributed by atoms with Gasteiger partial charge >= 0.3 is 0 Å². The van der Waals surface area contributed by atoms with Crippen molar-refractivity contribution in [1.82, 2.24) is 4.31 Å². The summed E-state index contributed by atoms with van der Waals surface area (Å²) in [4.78, 5) is 13.0. The lowest BCUT2D eigenvalue weighted by molar-refractivity contribution is -0.120. The molecule has 0 unspecified atom stereocenters. The van der Waals surface area contributed by atoms with Crippen LogP contribution < -0.4 is 10.1 Å². The van der Waals surface area contributed by atoms with Crippen molar-refractivity contribution >= 4 is 33.2 Å². The maximum atomic E-state index is 13.0. The Labute approximate surface area is 164 Å². The van der Waals surface area contributed by atoms with Gasteiger partial charge in [-0.1, -0.05) is 36.2 Å². The van der Waals surface area contributed by atoms with Crippen molar-refractivity contribution < 1.29 is 17.9 Å². The highest BCUT2D eigenvalue weighted by Gasteiger charge is 2.37. The lowest BCUT2D eigenvalue weighted by Crippen LogP contribution is -2.49. The first-order valence-corrected chi connectivity index (χ1v) is 10.5. The highest BCUT2D eigenvalue weighted by Crippen LogP contribution is 2.29. The number of benzene rings is 2. The fraction of sp³-hybridized carbons (Fsp3) is 0.316. The van der Waals surface area contributed by atoms with Gasteiger partial charge in [-0.2, -0.15) is 4.31 Å². The molecular formula is C19H21ClN2O4S. The van der Waals surface area contributed by atoms with E-state index in [1.807, 2.05) is 0 Å². The predicted octanol–water partition coefficient (Wildman–Crippen LogP) is 3.53. The topological polar surface area (TPSA) is 75.7 Å². The molecule has 1 atom stereocenters. The van der Waals surface area contributed by atoms with Crippen molar-refractivity contribution in [1.29, 1.82) is 0 Å². The van der Waals surface area contributed by atoms with E-state index in [1.165, 1.54) is 11.4 Å². The van der Waals surface area contributed by atoms with E-state index in [2.05, 4.69) is 5.32 Å². The summed E-state index contributed by atoms with van der Waals surface area (Å²) >= 11 is 6.10. The first kappa shape index (κ1) is 19.7. The molecule has 0 bridgehead atoms. The van der Waals surface area contributed by atoms with Crippen molar-refractivity contribution in [2.45, 2.75) is 30.2 Å². The molecule has 1 saturated heterocycles. The lowest BCUT2D eigenvalue weighted by atomic mass is 10.0. The molecule has 0 saturated carbocycles. The number of anilines is 1. The van der Waals surface area contributed by atoms with E-state index in [9.17, 15) is 13.2 Å². The second-order valence-electron chi connectivity index (χ2n) is 6.28. The zero-order chi connectivity index (χ0) is 19.4. The number of methoxy groups -OCH3 is 1. The van der Waals surface area contributed by atoms with Gasteiger partial charge in [-0.15, -0.1) is 0 Å². The largest absolute Gasteiger partial charge is 0.495 e. The van der Waals surface area contributed by atoms with E-state index in [1.54, 1.807) is 48.5 Å². The van der Waals surface area contributed by atoms with Gasteiger partial charge in [-0.05, 0) is 43.2 Å². The molecule has 0 aromatic heterocycles. The second kappa shape index (κ2) is 8.29. The van der Waals surface area contributed by atoms with Gasteiger partial charge in [-0.3, -0.25) is 4.79 Å². The number of hydrogen-bond acceptors (Lipinski definition) is 4. The smallest absolute Gasteiger partial charge is 0.243 e. The second-order valence-corrected chi connectivity index (χ2v) is 8.58. The molecule has 1 aliphatic rings. The number of nitrogens with one attached hydrogen (secondary N) is 1. The maximum Gasteiger partial charge on any atom is 0.243 e. The minimum absolute atomic E-state index is 0.192. The molecule has 3 rings (SSSR count). The molecule has 1 amide bonds. The molecule has 0 spiro atoms. The summed E-state index contributed by atoms with van der Waals surface area (Å²) in [7, 11) is -2.23. The summed E-state index contributed by atoms with van der Waals surface area (Å²) in [6.07, 6.45) is 1.99. The Hall–Kier alpha value is -2.09. The van der Waals surface area contributed by atoms with Crippen LogP contribution in [-0.4, -0.2) is 38.3 Å². The Kier molecular flexibility index (Phi) is 6.04. The summed E-state index contributed by atoms with van der Waals surface area (Å²) in [6, 6.07) is 12.3. The number of carbonyl (C=O) groups is 1. The van der Waals surface area contributed by atoms with E-state index >= 15 is 0 Å². The van der Waals surface area contributed by atoms with Crippen LogP contribution in [0.5, 0.6) is 5.75 Å². The van der Waals surface area contributed by atoms with Crippen LogP contribution in [0.1, 0.15) is 19.3 Å². The van der Waals surface area contributed by atoms with Gasteiger partial charge in [0.2, 0.25) is 15.9 Å². The normalized spacial score (nSPS) is 18.1. The number of amides is 1. The first-order valence-electron chi connectivity index (χ1n) is 8.65. The first-order chi connectivity index (χ1) is 12.9. The molecule has 0 aliphatic carbocycles. The minimum atomic E-state index is -3.74. The Morgan fingerprint density at radius 3 is 2.59 bits per heavy atom. The maximum absolute atomic E-state index is 13.0. The van der Waals surface area contributed by atoms with Crippen LogP contribution >= 0.6 is 11.6 Å². The van der Waals surface area contributed by atoms with Crippen LogP contribution in [0.15, 0.2) is 53.4 Å². The third-order valence-electron chi connectivity index (χ3n) is 4.53. The van der Waals surface area contributed by atoms with Crippen molar-refractivity contribution in [3.63, 3.8) is 0 Å². The van der Waals surface area contributed by atoms with E-state index in [-0.39, 0.29) is 10.8 Å². The molecule has 1 aliphatic heterocycles. The minimum Gasteiger partial charge on any atom is -0.495 e. The summed E-state index contributed by atoms with van der Waals surface area (Å²) < 4.78 is 32.4. The number of halogens is 1. The van der Waals surface area contributed by atoms with Crippen LogP contribution in [0.3, 0.4) is 0 Å². The molecule has 2 aromatic carbocycles. The average Bonchev–Trinajstić information content (AvgIpc) is 2.69. The highest BCUT2D eigenvalue weighted by atomic mass is 35.5. The van der Waals surface area contributed by atoms with Gasteiger partial charge in [-0.25, -0.2) is 8.42 Å². The van der Waals surface area contributed by atoms with Gasteiger partial charge < -0.3 is 10.1 Å². The number of nitrogens with zero attached hydrogens (tertiary/aromatic N) is 1. The van der Waals surface area contributed by atoms with Gasteiger partial charge in [0.1, 0.15) is 11.8 Å². The van der Waals surface area contributed by atoms with Crippen LogP contribution in [-0.2, 0) is 14.8 Å². The number of piperidine rings is 1. The molecule has 27 heavy (non-hydrogen) atoms. The zero-order valence-electron chi connectivity index (χ0n) is 14.9. The predicted molar refractivity (Wildman–Crippen MR) is 105 cm³/mol. The molecular weight excluding hydrogens is 388 g/mol. The Morgan fingerprint density at radius 1 is 1.19 bits per heavy atom. The molecule has 1 heterocycles. The Morgan fingerprint density at radius 2 is 1.93 bits per heavy atom. The van der Waals surface area contributed by atoms with Crippen LogP contribution in [0.4, 0.5) is 5.69 Å². The van der Waals surface area contributed by atoms with Crippen molar-refractivity contribution in [3.05, 3.63) is 53.6 Å². The van der Waals surface area contributed by atoms with Gasteiger partial charge in [0.15, 0.2) is 0 Å². The monoisotopic (exact) mass is 408 g/mol. The average molecular weight is 409 g/mol. The van der Waals surface area contributed by atoms with E-state index < -0.39 is 16.1 Å². The van der Waals surface area contributed by atoms with Gasteiger partial charge in [0.05, 0.1) is 17.0 Å². The molecule has 0 radical (unpaired) electrons. The summed E-state index contributed by atoms with van der Waals surface area (Å²) in [5, 5.41) is 3.14. The molecule has 1 fully saturated rings. The Bertz CT molecular complexity index is 919.